The van der Waals surface area contributed by atoms with Crippen molar-refractivity contribution in [2.45, 2.75) is 52.1 Å². The average Bonchev–Trinajstić information content (AvgIpc) is 3.09. The number of rotatable bonds is 5. The molecule has 1 fully saturated rings. The lowest BCUT2D eigenvalue weighted by Gasteiger charge is -2.26. The van der Waals surface area contributed by atoms with Gasteiger partial charge in [-0.2, -0.15) is 5.10 Å². The normalized spacial score (nSPS) is 18.7. The molecule has 0 bridgehead atoms. The van der Waals surface area contributed by atoms with Crippen molar-refractivity contribution in [3.05, 3.63) is 17.0 Å². The van der Waals surface area contributed by atoms with Crippen LogP contribution in [0.1, 0.15) is 36.7 Å². The van der Waals surface area contributed by atoms with Crippen molar-refractivity contribution >= 4 is 5.91 Å². The summed E-state index contributed by atoms with van der Waals surface area (Å²) in [5.74, 6) is -0.209. The molecule has 5 heteroatoms. The highest BCUT2D eigenvalue weighted by Crippen LogP contribution is 2.39. The fourth-order valence-corrected chi connectivity index (χ4v) is 2.65. The lowest BCUT2D eigenvalue weighted by atomic mass is 9.93. The standard InChI is InChI=1S/C13H22N4O/c1-4-11-8(2)16-17(9(11)3)7-13(15,12(14)18)10-5-6-10/h10H,4-7,15H2,1-3H3,(H2,14,18). The van der Waals surface area contributed by atoms with Gasteiger partial charge in [0, 0.05) is 5.69 Å². The fraction of sp³-hybridized carbons (Fsp3) is 0.692. The van der Waals surface area contributed by atoms with Crippen LogP contribution in [0.2, 0.25) is 0 Å². The summed E-state index contributed by atoms with van der Waals surface area (Å²) in [6.07, 6.45) is 2.91. The lowest BCUT2D eigenvalue weighted by molar-refractivity contribution is -0.124. The molecule has 0 spiro atoms. The van der Waals surface area contributed by atoms with E-state index in [1.54, 1.807) is 0 Å². The summed E-state index contributed by atoms with van der Waals surface area (Å²) < 4.78 is 1.84. The van der Waals surface area contributed by atoms with Crippen LogP contribution in [0.25, 0.3) is 0 Å². The summed E-state index contributed by atoms with van der Waals surface area (Å²) in [6.45, 7) is 6.50. The Morgan fingerprint density at radius 3 is 2.50 bits per heavy atom. The van der Waals surface area contributed by atoms with Gasteiger partial charge < -0.3 is 11.5 Å². The van der Waals surface area contributed by atoms with E-state index in [4.69, 9.17) is 11.5 Å². The van der Waals surface area contributed by atoms with Crippen LogP contribution in [0.15, 0.2) is 0 Å². The number of carbonyl (C=O) groups is 1. The Morgan fingerprint density at radius 1 is 1.50 bits per heavy atom. The molecule has 0 saturated heterocycles. The number of aromatic nitrogens is 2. The smallest absolute Gasteiger partial charge is 0.239 e. The van der Waals surface area contributed by atoms with E-state index in [0.29, 0.717) is 6.54 Å². The highest BCUT2D eigenvalue weighted by Gasteiger charge is 2.47. The van der Waals surface area contributed by atoms with Crippen molar-refractivity contribution < 1.29 is 4.79 Å². The Morgan fingerprint density at radius 2 is 2.11 bits per heavy atom. The van der Waals surface area contributed by atoms with Gasteiger partial charge >= 0.3 is 0 Å². The highest BCUT2D eigenvalue weighted by atomic mass is 16.1. The van der Waals surface area contributed by atoms with E-state index in [9.17, 15) is 4.79 Å². The number of amides is 1. The van der Waals surface area contributed by atoms with E-state index in [1.807, 2.05) is 18.5 Å². The van der Waals surface area contributed by atoms with Crippen LogP contribution in [-0.2, 0) is 17.8 Å². The zero-order chi connectivity index (χ0) is 13.5. The van der Waals surface area contributed by atoms with Crippen molar-refractivity contribution in [2.75, 3.05) is 0 Å². The molecule has 1 unspecified atom stereocenters. The van der Waals surface area contributed by atoms with Crippen molar-refractivity contribution in [2.24, 2.45) is 17.4 Å². The SMILES string of the molecule is CCc1c(C)nn(CC(N)(C(N)=O)C2CC2)c1C. The maximum absolute atomic E-state index is 11.6. The lowest BCUT2D eigenvalue weighted by Crippen LogP contribution is -2.57. The maximum atomic E-state index is 11.6. The summed E-state index contributed by atoms with van der Waals surface area (Å²) in [4.78, 5) is 11.6. The van der Waals surface area contributed by atoms with Gasteiger partial charge in [-0.15, -0.1) is 0 Å². The van der Waals surface area contributed by atoms with Gasteiger partial charge in [0.05, 0.1) is 12.2 Å². The summed E-state index contributed by atoms with van der Waals surface area (Å²) in [5.41, 5.74) is 14.1. The fourth-order valence-electron chi connectivity index (χ4n) is 2.65. The Hall–Kier alpha value is -1.36. The van der Waals surface area contributed by atoms with Gasteiger partial charge in [0.1, 0.15) is 5.54 Å². The molecule has 1 atom stereocenters. The molecule has 4 N–H and O–H groups in total. The first-order valence-corrected chi connectivity index (χ1v) is 6.51. The average molecular weight is 250 g/mol. The molecule has 1 aliphatic carbocycles. The Balaban J connectivity index is 2.30. The van der Waals surface area contributed by atoms with E-state index in [0.717, 1.165) is 30.7 Å². The van der Waals surface area contributed by atoms with Crippen LogP contribution in [0, 0.1) is 19.8 Å². The summed E-state index contributed by atoms with van der Waals surface area (Å²) in [7, 11) is 0. The molecule has 2 rings (SSSR count). The van der Waals surface area contributed by atoms with Crippen LogP contribution < -0.4 is 11.5 Å². The summed E-state index contributed by atoms with van der Waals surface area (Å²) in [5, 5.41) is 4.49. The van der Waals surface area contributed by atoms with Crippen molar-refractivity contribution in [1.29, 1.82) is 0 Å². The number of aryl methyl sites for hydroxylation is 1. The first-order chi connectivity index (χ1) is 8.40. The number of hydrogen-bond acceptors (Lipinski definition) is 3. The first kappa shape index (κ1) is 13.1. The monoisotopic (exact) mass is 250 g/mol. The van der Waals surface area contributed by atoms with Crippen LogP contribution >= 0.6 is 0 Å². The molecular weight excluding hydrogens is 228 g/mol. The van der Waals surface area contributed by atoms with Crippen LogP contribution in [0.3, 0.4) is 0 Å². The topological polar surface area (TPSA) is 86.9 Å². The Labute approximate surface area is 108 Å². The van der Waals surface area contributed by atoms with Crippen molar-refractivity contribution in [1.82, 2.24) is 9.78 Å². The second kappa shape index (κ2) is 4.39. The third-order valence-corrected chi connectivity index (χ3v) is 4.06. The van der Waals surface area contributed by atoms with Gasteiger partial charge in [-0.3, -0.25) is 9.48 Å². The summed E-state index contributed by atoms with van der Waals surface area (Å²) in [6, 6.07) is 0. The largest absolute Gasteiger partial charge is 0.368 e. The predicted octanol–water partition coefficient (Wildman–Crippen LogP) is 0.655. The predicted molar refractivity (Wildman–Crippen MR) is 69.9 cm³/mol. The molecule has 5 nitrogen and oxygen atoms in total. The van der Waals surface area contributed by atoms with Crippen LogP contribution in [0.5, 0.6) is 0 Å². The van der Waals surface area contributed by atoms with Gasteiger partial charge in [0.25, 0.3) is 0 Å². The molecule has 1 aliphatic rings. The molecule has 1 aromatic heterocycles. The zero-order valence-corrected chi connectivity index (χ0v) is 11.4. The minimum absolute atomic E-state index is 0.212. The van der Waals surface area contributed by atoms with Gasteiger partial charge in [-0.05, 0) is 44.6 Å². The Bertz CT molecular complexity index is 476. The zero-order valence-electron chi connectivity index (χ0n) is 11.4. The number of hydrogen-bond donors (Lipinski definition) is 2. The molecule has 1 saturated carbocycles. The molecule has 1 amide bonds. The molecule has 1 heterocycles. The van der Waals surface area contributed by atoms with Crippen LogP contribution in [0.4, 0.5) is 0 Å². The van der Waals surface area contributed by atoms with E-state index in [-0.39, 0.29) is 5.92 Å². The molecule has 18 heavy (non-hydrogen) atoms. The first-order valence-electron chi connectivity index (χ1n) is 6.51. The van der Waals surface area contributed by atoms with Gasteiger partial charge in [-0.1, -0.05) is 6.92 Å². The third kappa shape index (κ3) is 2.03. The number of nitrogens with two attached hydrogens (primary N) is 2. The molecular formula is C13H22N4O. The minimum Gasteiger partial charge on any atom is -0.368 e. The number of carbonyl (C=O) groups excluding carboxylic acids is 1. The molecule has 1 aromatic rings. The second-order valence-electron chi connectivity index (χ2n) is 5.34. The second-order valence-corrected chi connectivity index (χ2v) is 5.34. The van der Waals surface area contributed by atoms with E-state index in [2.05, 4.69) is 12.0 Å². The minimum atomic E-state index is -0.950. The molecule has 0 aromatic carbocycles. The van der Waals surface area contributed by atoms with Crippen LogP contribution in [-0.4, -0.2) is 21.2 Å². The molecule has 0 radical (unpaired) electrons. The number of nitrogens with zero attached hydrogens (tertiary/aromatic N) is 2. The molecule has 100 valence electrons. The number of primary amides is 1. The van der Waals surface area contributed by atoms with Gasteiger partial charge in [0.2, 0.25) is 5.91 Å². The Kier molecular flexibility index (Phi) is 3.19. The van der Waals surface area contributed by atoms with E-state index in [1.165, 1.54) is 5.56 Å². The van der Waals surface area contributed by atoms with E-state index >= 15 is 0 Å². The van der Waals surface area contributed by atoms with E-state index < -0.39 is 11.4 Å². The quantitative estimate of drug-likeness (QED) is 0.804. The maximum Gasteiger partial charge on any atom is 0.239 e. The van der Waals surface area contributed by atoms with Gasteiger partial charge in [0.15, 0.2) is 0 Å². The van der Waals surface area contributed by atoms with Crippen molar-refractivity contribution in [3.63, 3.8) is 0 Å². The third-order valence-electron chi connectivity index (χ3n) is 4.06. The van der Waals surface area contributed by atoms with Crippen molar-refractivity contribution in [3.8, 4) is 0 Å². The molecule has 0 aliphatic heterocycles. The van der Waals surface area contributed by atoms with Gasteiger partial charge in [-0.25, -0.2) is 0 Å². The highest BCUT2D eigenvalue weighted by molar-refractivity contribution is 5.85. The summed E-state index contributed by atoms with van der Waals surface area (Å²) >= 11 is 0.